The Balaban J connectivity index is 2.02. The smallest absolute Gasteiger partial charge is 0.0657 e. The molecule has 0 aromatic heterocycles. The molecule has 1 saturated heterocycles. The minimum atomic E-state index is 0.141. The van der Waals surface area contributed by atoms with Gasteiger partial charge in [0.2, 0.25) is 0 Å². The Hall–Kier alpha value is -0.0800. The standard InChI is InChI=1S/C11H21NO/c1-3-10(2)8-11(4-5-13-10)6-9(11)7-12/h9H,3-8,12H2,1-2H3. The summed E-state index contributed by atoms with van der Waals surface area (Å²) in [6.45, 7) is 6.29. The first-order valence-electron chi connectivity index (χ1n) is 5.48. The Labute approximate surface area is 80.8 Å². The van der Waals surface area contributed by atoms with E-state index in [9.17, 15) is 0 Å². The van der Waals surface area contributed by atoms with Crippen molar-refractivity contribution >= 4 is 0 Å². The van der Waals surface area contributed by atoms with Crippen LogP contribution in [0.1, 0.15) is 39.5 Å². The summed E-state index contributed by atoms with van der Waals surface area (Å²) in [4.78, 5) is 0. The molecule has 2 rings (SSSR count). The van der Waals surface area contributed by atoms with Crippen LogP contribution in [0.2, 0.25) is 0 Å². The average Bonchev–Trinajstić information content (AvgIpc) is 2.78. The van der Waals surface area contributed by atoms with Gasteiger partial charge in [-0.3, -0.25) is 0 Å². The Kier molecular flexibility index (Phi) is 2.16. The highest BCUT2D eigenvalue weighted by atomic mass is 16.5. The zero-order valence-corrected chi connectivity index (χ0v) is 8.81. The van der Waals surface area contributed by atoms with E-state index < -0.39 is 0 Å². The summed E-state index contributed by atoms with van der Waals surface area (Å²) in [6.07, 6.45) is 4.96. The second-order valence-corrected chi connectivity index (χ2v) is 5.08. The molecule has 2 nitrogen and oxygen atoms in total. The van der Waals surface area contributed by atoms with Gasteiger partial charge in [-0.05, 0) is 50.5 Å². The van der Waals surface area contributed by atoms with Crippen LogP contribution in [0.5, 0.6) is 0 Å². The van der Waals surface area contributed by atoms with Gasteiger partial charge >= 0.3 is 0 Å². The monoisotopic (exact) mass is 183 g/mol. The molecule has 3 atom stereocenters. The van der Waals surface area contributed by atoms with Crippen molar-refractivity contribution in [3.05, 3.63) is 0 Å². The summed E-state index contributed by atoms with van der Waals surface area (Å²) in [5, 5.41) is 0. The molecule has 2 aliphatic rings. The Bertz CT molecular complexity index is 206. The Morgan fingerprint density at radius 2 is 2.31 bits per heavy atom. The summed E-state index contributed by atoms with van der Waals surface area (Å²) in [6, 6.07) is 0. The third-order valence-electron chi connectivity index (χ3n) is 4.17. The third kappa shape index (κ3) is 1.50. The molecule has 0 aromatic carbocycles. The maximum absolute atomic E-state index is 5.84. The molecule has 1 aliphatic carbocycles. The second kappa shape index (κ2) is 2.96. The van der Waals surface area contributed by atoms with E-state index in [-0.39, 0.29) is 5.60 Å². The Morgan fingerprint density at radius 3 is 2.85 bits per heavy atom. The fourth-order valence-corrected chi connectivity index (χ4v) is 2.90. The molecule has 76 valence electrons. The lowest BCUT2D eigenvalue weighted by Gasteiger charge is -2.38. The van der Waals surface area contributed by atoms with Crippen LogP contribution in [-0.2, 0) is 4.74 Å². The number of nitrogens with two attached hydrogens (primary N) is 1. The van der Waals surface area contributed by atoms with Crippen LogP contribution < -0.4 is 5.73 Å². The van der Waals surface area contributed by atoms with Gasteiger partial charge < -0.3 is 10.5 Å². The van der Waals surface area contributed by atoms with E-state index in [0.717, 1.165) is 25.5 Å². The van der Waals surface area contributed by atoms with Gasteiger partial charge in [0, 0.05) is 6.61 Å². The molecule has 0 radical (unpaired) electrons. The summed E-state index contributed by atoms with van der Waals surface area (Å²) >= 11 is 0. The number of ether oxygens (including phenoxy) is 1. The number of hydrogen-bond acceptors (Lipinski definition) is 2. The molecule has 0 bridgehead atoms. The fourth-order valence-electron chi connectivity index (χ4n) is 2.90. The van der Waals surface area contributed by atoms with E-state index in [1.54, 1.807) is 0 Å². The molecule has 1 spiro atoms. The van der Waals surface area contributed by atoms with E-state index >= 15 is 0 Å². The van der Waals surface area contributed by atoms with Gasteiger partial charge in [0.05, 0.1) is 5.60 Å². The van der Waals surface area contributed by atoms with Crippen LogP contribution in [0.25, 0.3) is 0 Å². The summed E-state index contributed by atoms with van der Waals surface area (Å²) in [5.41, 5.74) is 6.45. The summed E-state index contributed by atoms with van der Waals surface area (Å²) in [7, 11) is 0. The zero-order chi connectivity index (χ0) is 9.53. The topological polar surface area (TPSA) is 35.2 Å². The van der Waals surface area contributed by atoms with Crippen molar-refractivity contribution in [3.63, 3.8) is 0 Å². The van der Waals surface area contributed by atoms with E-state index in [1.807, 2.05) is 0 Å². The van der Waals surface area contributed by atoms with Crippen LogP contribution in [0.4, 0.5) is 0 Å². The molecule has 2 heteroatoms. The van der Waals surface area contributed by atoms with Crippen molar-refractivity contribution in [3.8, 4) is 0 Å². The molecular weight excluding hydrogens is 162 g/mol. The first kappa shape index (κ1) is 9.47. The molecule has 1 heterocycles. The largest absolute Gasteiger partial charge is 0.375 e. The van der Waals surface area contributed by atoms with Gasteiger partial charge in [-0.15, -0.1) is 0 Å². The first-order chi connectivity index (χ1) is 6.14. The molecule has 2 N–H and O–H groups in total. The third-order valence-corrected chi connectivity index (χ3v) is 4.17. The van der Waals surface area contributed by atoms with Crippen molar-refractivity contribution in [2.75, 3.05) is 13.2 Å². The number of rotatable bonds is 2. The highest BCUT2D eigenvalue weighted by Crippen LogP contribution is 2.61. The SMILES string of the molecule is CCC1(C)CC2(CCO1)CC2CN. The van der Waals surface area contributed by atoms with Gasteiger partial charge in [-0.1, -0.05) is 6.92 Å². The van der Waals surface area contributed by atoms with Gasteiger partial charge in [-0.2, -0.15) is 0 Å². The van der Waals surface area contributed by atoms with Crippen LogP contribution in [0.3, 0.4) is 0 Å². The molecule has 1 saturated carbocycles. The second-order valence-electron chi connectivity index (χ2n) is 5.08. The van der Waals surface area contributed by atoms with E-state index in [4.69, 9.17) is 10.5 Å². The quantitative estimate of drug-likeness (QED) is 0.710. The van der Waals surface area contributed by atoms with Crippen molar-refractivity contribution in [2.45, 2.75) is 45.1 Å². The average molecular weight is 183 g/mol. The van der Waals surface area contributed by atoms with E-state index in [1.165, 1.54) is 19.3 Å². The molecular formula is C11H21NO. The van der Waals surface area contributed by atoms with Gasteiger partial charge in [0.15, 0.2) is 0 Å². The molecule has 1 aliphatic heterocycles. The van der Waals surface area contributed by atoms with Gasteiger partial charge in [0.25, 0.3) is 0 Å². The van der Waals surface area contributed by atoms with Crippen LogP contribution in [0.15, 0.2) is 0 Å². The zero-order valence-electron chi connectivity index (χ0n) is 8.81. The highest BCUT2D eigenvalue weighted by molar-refractivity contribution is 5.07. The summed E-state index contributed by atoms with van der Waals surface area (Å²) in [5.74, 6) is 0.794. The highest BCUT2D eigenvalue weighted by Gasteiger charge is 2.57. The first-order valence-corrected chi connectivity index (χ1v) is 5.48. The van der Waals surface area contributed by atoms with Crippen molar-refractivity contribution in [2.24, 2.45) is 17.1 Å². The maximum Gasteiger partial charge on any atom is 0.0657 e. The molecule has 0 amide bonds. The minimum Gasteiger partial charge on any atom is -0.375 e. The molecule has 0 aromatic rings. The summed E-state index contributed by atoms with van der Waals surface area (Å²) < 4.78 is 5.84. The predicted octanol–water partition coefficient (Wildman–Crippen LogP) is 1.93. The fraction of sp³-hybridized carbons (Fsp3) is 1.00. The van der Waals surface area contributed by atoms with Gasteiger partial charge in [0.1, 0.15) is 0 Å². The molecule has 2 fully saturated rings. The lowest BCUT2D eigenvalue weighted by molar-refractivity contribution is -0.0961. The van der Waals surface area contributed by atoms with Gasteiger partial charge in [-0.25, -0.2) is 0 Å². The van der Waals surface area contributed by atoms with Crippen LogP contribution in [0, 0.1) is 11.3 Å². The maximum atomic E-state index is 5.84. The lowest BCUT2D eigenvalue weighted by atomic mass is 9.81. The molecule has 3 unspecified atom stereocenters. The van der Waals surface area contributed by atoms with E-state index in [2.05, 4.69) is 13.8 Å². The number of hydrogen-bond donors (Lipinski definition) is 1. The predicted molar refractivity (Wildman–Crippen MR) is 53.5 cm³/mol. The Morgan fingerprint density at radius 1 is 1.54 bits per heavy atom. The lowest BCUT2D eigenvalue weighted by Crippen LogP contribution is -2.38. The normalized spacial score (nSPS) is 49.6. The van der Waals surface area contributed by atoms with Crippen molar-refractivity contribution in [1.82, 2.24) is 0 Å². The van der Waals surface area contributed by atoms with Crippen molar-refractivity contribution < 1.29 is 4.74 Å². The molecule has 13 heavy (non-hydrogen) atoms. The minimum absolute atomic E-state index is 0.141. The van der Waals surface area contributed by atoms with E-state index in [0.29, 0.717) is 5.41 Å². The van der Waals surface area contributed by atoms with Crippen LogP contribution >= 0.6 is 0 Å². The van der Waals surface area contributed by atoms with Crippen molar-refractivity contribution in [1.29, 1.82) is 0 Å². The van der Waals surface area contributed by atoms with Crippen LogP contribution in [-0.4, -0.2) is 18.8 Å².